The Kier molecular flexibility index (Phi) is 4.41. The van der Waals surface area contributed by atoms with E-state index in [1.807, 2.05) is 19.1 Å². The third-order valence-corrected chi connectivity index (χ3v) is 7.21. The van der Waals surface area contributed by atoms with Crippen LogP contribution in [0.25, 0.3) is 0 Å². The molecule has 23 heavy (non-hydrogen) atoms. The third kappa shape index (κ3) is 3.24. The Morgan fingerprint density at radius 3 is 2.35 bits per heavy atom. The smallest absolute Gasteiger partial charge is 0.207 e. The van der Waals surface area contributed by atoms with Crippen molar-refractivity contribution >= 4 is 10.0 Å². The van der Waals surface area contributed by atoms with Gasteiger partial charge in [0.05, 0.1) is 4.90 Å². The molecule has 1 saturated heterocycles. The molecule has 2 fully saturated rings. The molecular weight excluding hydrogens is 306 g/mol. The molecule has 3 rings (SSSR count). The summed E-state index contributed by atoms with van der Waals surface area (Å²) in [7, 11) is -3.42. The maximum atomic E-state index is 13.2. The van der Waals surface area contributed by atoms with E-state index >= 15 is 0 Å². The molecular formula is C19H27NO2S. The number of hydrogen-bond acceptors (Lipinski definition) is 2. The lowest BCUT2D eigenvalue weighted by Crippen LogP contribution is -2.35. The number of allylic oxidation sites excluding steroid dienone is 1. The Balaban J connectivity index is 1.97. The van der Waals surface area contributed by atoms with E-state index in [1.54, 1.807) is 16.4 Å². The summed E-state index contributed by atoms with van der Waals surface area (Å²) in [5.41, 5.74) is 2.47. The van der Waals surface area contributed by atoms with E-state index < -0.39 is 10.0 Å². The standard InChI is InChI=1S/C19H27NO2S/c1-15(2)12-17-13-19(10-4-5-11-19)14-20(17)23(21,22)18-8-6-16(3)7-9-18/h6-9,12,17H,4-5,10-11,13-14H2,1-3H3/t17-/m1/s1. The molecule has 0 radical (unpaired) electrons. The van der Waals surface area contributed by atoms with Crippen molar-refractivity contribution in [3.05, 3.63) is 41.5 Å². The molecule has 126 valence electrons. The van der Waals surface area contributed by atoms with Crippen LogP contribution in [0, 0.1) is 12.3 Å². The van der Waals surface area contributed by atoms with Crippen molar-refractivity contribution in [2.45, 2.75) is 63.8 Å². The highest BCUT2D eigenvalue weighted by atomic mass is 32.2. The van der Waals surface area contributed by atoms with Gasteiger partial charge < -0.3 is 0 Å². The second kappa shape index (κ2) is 6.06. The van der Waals surface area contributed by atoms with Crippen molar-refractivity contribution in [3.63, 3.8) is 0 Å². The zero-order valence-corrected chi connectivity index (χ0v) is 15.2. The van der Waals surface area contributed by atoms with E-state index in [9.17, 15) is 8.42 Å². The van der Waals surface area contributed by atoms with Gasteiger partial charge in [-0.2, -0.15) is 4.31 Å². The van der Waals surface area contributed by atoms with Crippen LogP contribution >= 0.6 is 0 Å². The van der Waals surface area contributed by atoms with Crippen molar-refractivity contribution in [1.82, 2.24) is 4.31 Å². The van der Waals surface area contributed by atoms with Crippen molar-refractivity contribution in [2.24, 2.45) is 5.41 Å². The van der Waals surface area contributed by atoms with Crippen LogP contribution in [0.15, 0.2) is 40.8 Å². The monoisotopic (exact) mass is 333 g/mol. The lowest BCUT2D eigenvalue weighted by Gasteiger charge is -2.24. The minimum atomic E-state index is -3.42. The van der Waals surface area contributed by atoms with Crippen LogP contribution in [-0.4, -0.2) is 25.3 Å². The molecule has 1 aliphatic carbocycles. The van der Waals surface area contributed by atoms with Gasteiger partial charge in [-0.1, -0.05) is 42.2 Å². The van der Waals surface area contributed by atoms with Crippen LogP contribution in [0.5, 0.6) is 0 Å². The topological polar surface area (TPSA) is 37.4 Å². The molecule has 0 N–H and O–H groups in total. The van der Waals surface area contributed by atoms with E-state index in [2.05, 4.69) is 19.9 Å². The van der Waals surface area contributed by atoms with E-state index in [4.69, 9.17) is 0 Å². The van der Waals surface area contributed by atoms with Crippen molar-refractivity contribution in [2.75, 3.05) is 6.54 Å². The normalized spacial score (nSPS) is 24.2. The lowest BCUT2D eigenvalue weighted by molar-refractivity contribution is 0.313. The fourth-order valence-electron chi connectivity index (χ4n) is 4.18. The molecule has 1 heterocycles. The highest BCUT2D eigenvalue weighted by molar-refractivity contribution is 7.89. The van der Waals surface area contributed by atoms with Gasteiger partial charge in [-0.25, -0.2) is 8.42 Å². The summed E-state index contributed by atoms with van der Waals surface area (Å²) in [6.45, 7) is 6.76. The number of hydrogen-bond donors (Lipinski definition) is 0. The van der Waals surface area contributed by atoms with Crippen LogP contribution in [0.1, 0.15) is 51.5 Å². The Labute approximate surface area is 140 Å². The summed E-state index contributed by atoms with van der Waals surface area (Å²) in [4.78, 5) is 0.422. The summed E-state index contributed by atoms with van der Waals surface area (Å²) in [6.07, 6.45) is 7.92. The minimum Gasteiger partial charge on any atom is -0.207 e. The summed E-state index contributed by atoms with van der Waals surface area (Å²) < 4.78 is 28.1. The molecule has 0 amide bonds. The van der Waals surface area contributed by atoms with E-state index in [-0.39, 0.29) is 11.5 Å². The molecule has 4 heteroatoms. The number of sulfonamides is 1. The highest BCUT2D eigenvalue weighted by Gasteiger charge is 2.48. The molecule has 0 bridgehead atoms. The van der Waals surface area contributed by atoms with Crippen LogP contribution in [0.3, 0.4) is 0 Å². The summed E-state index contributed by atoms with van der Waals surface area (Å²) in [6, 6.07) is 7.24. The molecule has 3 nitrogen and oxygen atoms in total. The van der Waals surface area contributed by atoms with Gasteiger partial charge in [0.2, 0.25) is 10.0 Å². The summed E-state index contributed by atoms with van der Waals surface area (Å²) in [5, 5.41) is 0. The average molecular weight is 333 g/mol. The average Bonchev–Trinajstić information content (AvgIpc) is 3.07. The van der Waals surface area contributed by atoms with Crippen LogP contribution in [0.4, 0.5) is 0 Å². The number of aryl methyl sites for hydroxylation is 1. The predicted octanol–water partition coefficient (Wildman–Crippen LogP) is 4.28. The molecule has 1 aromatic rings. The van der Waals surface area contributed by atoms with Gasteiger partial charge in [0.1, 0.15) is 0 Å². The first kappa shape index (κ1) is 16.7. The van der Waals surface area contributed by atoms with Crippen LogP contribution < -0.4 is 0 Å². The van der Waals surface area contributed by atoms with Gasteiger partial charge in [0.15, 0.2) is 0 Å². The third-order valence-electron chi connectivity index (χ3n) is 5.32. The van der Waals surface area contributed by atoms with E-state index in [0.29, 0.717) is 11.4 Å². The zero-order valence-electron chi connectivity index (χ0n) is 14.4. The van der Waals surface area contributed by atoms with E-state index in [0.717, 1.165) is 12.0 Å². The van der Waals surface area contributed by atoms with Crippen molar-refractivity contribution in [1.29, 1.82) is 0 Å². The Bertz CT molecular complexity index is 693. The zero-order chi connectivity index (χ0) is 16.7. The van der Waals surface area contributed by atoms with Gasteiger partial charge >= 0.3 is 0 Å². The molecule has 1 atom stereocenters. The molecule has 1 aromatic carbocycles. The summed E-state index contributed by atoms with van der Waals surface area (Å²) >= 11 is 0. The van der Waals surface area contributed by atoms with Gasteiger partial charge in [0.25, 0.3) is 0 Å². The first-order valence-corrected chi connectivity index (χ1v) is 10.0. The molecule has 1 saturated carbocycles. The first-order chi connectivity index (χ1) is 10.8. The number of rotatable bonds is 3. The fourth-order valence-corrected chi connectivity index (χ4v) is 5.87. The Morgan fingerprint density at radius 1 is 1.17 bits per heavy atom. The maximum Gasteiger partial charge on any atom is 0.243 e. The first-order valence-electron chi connectivity index (χ1n) is 8.56. The second-order valence-electron chi connectivity index (χ2n) is 7.59. The summed E-state index contributed by atoms with van der Waals surface area (Å²) in [5.74, 6) is 0. The molecule has 0 aromatic heterocycles. The number of nitrogens with zero attached hydrogens (tertiary/aromatic N) is 1. The molecule has 1 spiro atoms. The minimum absolute atomic E-state index is 0.00408. The SMILES string of the molecule is CC(C)=C[C@@H]1CC2(CCCC2)CN1S(=O)(=O)c1ccc(C)cc1. The maximum absolute atomic E-state index is 13.2. The predicted molar refractivity (Wildman–Crippen MR) is 93.8 cm³/mol. The molecule has 1 aliphatic heterocycles. The fraction of sp³-hybridized carbons (Fsp3) is 0.579. The molecule has 0 unspecified atom stereocenters. The highest BCUT2D eigenvalue weighted by Crippen LogP contribution is 2.49. The second-order valence-corrected chi connectivity index (χ2v) is 9.48. The van der Waals surface area contributed by atoms with Crippen LogP contribution in [0.2, 0.25) is 0 Å². The van der Waals surface area contributed by atoms with Gasteiger partial charge in [-0.05, 0) is 57.6 Å². The Hall–Kier alpha value is -1.13. The largest absolute Gasteiger partial charge is 0.243 e. The van der Waals surface area contributed by atoms with E-state index in [1.165, 1.54) is 31.3 Å². The van der Waals surface area contributed by atoms with Gasteiger partial charge in [0, 0.05) is 12.6 Å². The van der Waals surface area contributed by atoms with Gasteiger partial charge in [-0.15, -0.1) is 0 Å². The van der Waals surface area contributed by atoms with Gasteiger partial charge in [-0.3, -0.25) is 0 Å². The number of benzene rings is 1. The van der Waals surface area contributed by atoms with Crippen molar-refractivity contribution < 1.29 is 8.42 Å². The van der Waals surface area contributed by atoms with Crippen molar-refractivity contribution in [3.8, 4) is 0 Å². The Morgan fingerprint density at radius 2 is 1.78 bits per heavy atom. The van der Waals surface area contributed by atoms with Crippen LogP contribution in [-0.2, 0) is 10.0 Å². The lowest BCUT2D eigenvalue weighted by atomic mass is 9.84. The quantitative estimate of drug-likeness (QED) is 0.774. The molecule has 2 aliphatic rings.